The van der Waals surface area contributed by atoms with Crippen molar-refractivity contribution in [3.05, 3.63) is 21.9 Å². The van der Waals surface area contributed by atoms with Crippen molar-refractivity contribution < 1.29 is 9.90 Å². The maximum atomic E-state index is 11.4. The fourth-order valence-electron chi connectivity index (χ4n) is 1.92. The van der Waals surface area contributed by atoms with E-state index in [9.17, 15) is 9.90 Å². The van der Waals surface area contributed by atoms with E-state index in [-0.39, 0.29) is 0 Å². The second kappa shape index (κ2) is 5.48. The summed E-state index contributed by atoms with van der Waals surface area (Å²) in [6.07, 6.45) is 3.08. The smallest absolute Gasteiger partial charge is 0.309 e. The molecular formula is C13H20O2S. The van der Waals surface area contributed by atoms with Crippen LogP contribution in [0.3, 0.4) is 0 Å². The zero-order valence-corrected chi connectivity index (χ0v) is 11.1. The van der Waals surface area contributed by atoms with Crippen LogP contribution in [0.4, 0.5) is 0 Å². The molecule has 0 atom stereocenters. The van der Waals surface area contributed by atoms with E-state index >= 15 is 0 Å². The molecule has 0 saturated carbocycles. The van der Waals surface area contributed by atoms with Gasteiger partial charge in [0.15, 0.2) is 0 Å². The molecule has 0 radical (unpaired) electrons. The molecule has 1 rings (SSSR count). The Kier molecular flexibility index (Phi) is 4.54. The maximum Gasteiger partial charge on any atom is 0.309 e. The van der Waals surface area contributed by atoms with Crippen LogP contribution in [0.2, 0.25) is 0 Å². The van der Waals surface area contributed by atoms with Crippen molar-refractivity contribution in [3.8, 4) is 0 Å². The van der Waals surface area contributed by atoms with Gasteiger partial charge in [0.2, 0.25) is 0 Å². The predicted molar refractivity (Wildman–Crippen MR) is 68.1 cm³/mol. The first-order valence-electron chi connectivity index (χ1n) is 5.89. The molecule has 1 N–H and O–H groups in total. The SMILES string of the molecule is CCc1ccc(CC(CC)(CC)C(=O)O)s1. The number of aryl methyl sites for hydroxylation is 1. The molecule has 0 bridgehead atoms. The molecule has 0 unspecified atom stereocenters. The number of carboxylic acid groups (broad SMARTS) is 1. The van der Waals surface area contributed by atoms with Crippen LogP contribution >= 0.6 is 11.3 Å². The summed E-state index contributed by atoms with van der Waals surface area (Å²) in [5, 5.41) is 9.35. The van der Waals surface area contributed by atoms with Crippen LogP contribution in [0.1, 0.15) is 43.4 Å². The number of carbonyl (C=O) groups is 1. The summed E-state index contributed by atoms with van der Waals surface area (Å²) in [5.41, 5.74) is -0.574. The fourth-order valence-corrected chi connectivity index (χ4v) is 3.02. The number of carboxylic acids is 1. The first kappa shape index (κ1) is 13.2. The van der Waals surface area contributed by atoms with Crippen molar-refractivity contribution in [3.63, 3.8) is 0 Å². The van der Waals surface area contributed by atoms with Gasteiger partial charge in [0.05, 0.1) is 5.41 Å². The quantitative estimate of drug-likeness (QED) is 0.822. The van der Waals surface area contributed by atoms with Crippen molar-refractivity contribution in [2.45, 2.75) is 46.5 Å². The van der Waals surface area contributed by atoms with Crippen molar-refractivity contribution in [2.75, 3.05) is 0 Å². The molecule has 0 saturated heterocycles. The number of thiophene rings is 1. The van der Waals surface area contributed by atoms with Crippen LogP contribution in [0.15, 0.2) is 12.1 Å². The summed E-state index contributed by atoms with van der Waals surface area (Å²) in [7, 11) is 0. The third-order valence-electron chi connectivity index (χ3n) is 3.39. The van der Waals surface area contributed by atoms with Crippen LogP contribution in [0, 0.1) is 5.41 Å². The van der Waals surface area contributed by atoms with Gasteiger partial charge in [-0.05, 0) is 37.8 Å². The van der Waals surface area contributed by atoms with Gasteiger partial charge in [0.1, 0.15) is 0 Å². The van der Waals surface area contributed by atoms with Gasteiger partial charge >= 0.3 is 5.97 Å². The number of aliphatic carboxylic acids is 1. The van der Waals surface area contributed by atoms with E-state index in [0.29, 0.717) is 19.3 Å². The molecule has 0 aromatic carbocycles. The van der Waals surface area contributed by atoms with E-state index in [1.165, 1.54) is 9.75 Å². The Morgan fingerprint density at radius 1 is 1.25 bits per heavy atom. The summed E-state index contributed by atoms with van der Waals surface area (Å²) in [4.78, 5) is 13.9. The first-order valence-corrected chi connectivity index (χ1v) is 6.70. The highest BCUT2D eigenvalue weighted by Crippen LogP contribution is 2.33. The molecule has 0 aliphatic rings. The lowest BCUT2D eigenvalue weighted by atomic mass is 9.79. The molecule has 0 spiro atoms. The van der Waals surface area contributed by atoms with Crippen molar-refractivity contribution >= 4 is 17.3 Å². The van der Waals surface area contributed by atoms with Gasteiger partial charge in [0.25, 0.3) is 0 Å². The van der Waals surface area contributed by atoms with Crippen LogP contribution in [-0.2, 0) is 17.6 Å². The summed E-state index contributed by atoms with van der Waals surface area (Å²) in [6.45, 7) is 6.05. The van der Waals surface area contributed by atoms with Gasteiger partial charge in [-0.2, -0.15) is 0 Å². The molecule has 16 heavy (non-hydrogen) atoms. The Morgan fingerprint density at radius 2 is 1.81 bits per heavy atom. The third kappa shape index (κ3) is 2.64. The molecule has 0 fully saturated rings. The van der Waals surface area contributed by atoms with E-state index in [1.807, 2.05) is 13.8 Å². The lowest BCUT2D eigenvalue weighted by Crippen LogP contribution is -2.31. The van der Waals surface area contributed by atoms with E-state index in [4.69, 9.17) is 0 Å². The first-order chi connectivity index (χ1) is 7.57. The minimum Gasteiger partial charge on any atom is -0.481 e. The number of rotatable bonds is 6. The van der Waals surface area contributed by atoms with Gasteiger partial charge in [-0.25, -0.2) is 0 Å². The zero-order chi connectivity index (χ0) is 12.2. The van der Waals surface area contributed by atoms with E-state index in [0.717, 1.165) is 6.42 Å². The summed E-state index contributed by atoms with van der Waals surface area (Å²) < 4.78 is 0. The minimum atomic E-state index is -0.663. The second-order valence-electron chi connectivity index (χ2n) is 4.19. The van der Waals surface area contributed by atoms with Crippen LogP contribution < -0.4 is 0 Å². The van der Waals surface area contributed by atoms with Crippen LogP contribution in [0.25, 0.3) is 0 Å². The molecule has 0 amide bonds. The second-order valence-corrected chi connectivity index (χ2v) is 5.44. The summed E-state index contributed by atoms with van der Waals surface area (Å²) in [5.74, 6) is -0.663. The molecular weight excluding hydrogens is 220 g/mol. The van der Waals surface area contributed by atoms with E-state index in [2.05, 4.69) is 19.1 Å². The topological polar surface area (TPSA) is 37.3 Å². The van der Waals surface area contributed by atoms with Crippen molar-refractivity contribution in [1.29, 1.82) is 0 Å². The molecule has 1 heterocycles. The molecule has 0 aliphatic carbocycles. The maximum absolute atomic E-state index is 11.4. The van der Waals surface area contributed by atoms with Gasteiger partial charge in [-0.3, -0.25) is 4.79 Å². The number of hydrogen-bond acceptors (Lipinski definition) is 2. The monoisotopic (exact) mass is 240 g/mol. The Morgan fingerprint density at radius 3 is 2.19 bits per heavy atom. The predicted octanol–water partition coefficient (Wildman–Crippen LogP) is 3.74. The average Bonchev–Trinajstić information content (AvgIpc) is 2.73. The molecule has 2 nitrogen and oxygen atoms in total. The lowest BCUT2D eigenvalue weighted by Gasteiger charge is -2.25. The summed E-state index contributed by atoms with van der Waals surface area (Å²) >= 11 is 1.74. The third-order valence-corrected chi connectivity index (χ3v) is 4.62. The van der Waals surface area contributed by atoms with Gasteiger partial charge in [-0.15, -0.1) is 11.3 Å². The highest BCUT2D eigenvalue weighted by molar-refractivity contribution is 7.12. The zero-order valence-electron chi connectivity index (χ0n) is 10.2. The fraction of sp³-hybridized carbons (Fsp3) is 0.615. The largest absolute Gasteiger partial charge is 0.481 e. The average molecular weight is 240 g/mol. The van der Waals surface area contributed by atoms with Crippen LogP contribution in [0.5, 0.6) is 0 Å². The van der Waals surface area contributed by atoms with Gasteiger partial charge in [-0.1, -0.05) is 20.8 Å². The molecule has 3 heteroatoms. The Bertz CT molecular complexity index is 351. The highest BCUT2D eigenvalue weighted by Gasteiger charge is 2.35. The highest BCUT2D eigenvalue weighted by atomic mass is 32.1. The lowest BCUT2D eigenvalue weighted by molar-refractivity contribution is -0.149. The minimum absolute atomic E-state index is 0.574. The van der Waals surface area contributed by atoms with E-state index in [1.54, 1.807) is 11.3 Å². The van der Waals surface area contributed by atoms with Crippen molar-refractivity contribution in [2.24, 2.45) is 5.41 Å². The Labute approximate surface area is 101 Å². The molecule has 1 aromatic rings. The Balaban J connectivity index is 2.87. The molecule has 0 aliphatic heterocycles. The van der Waals surface area contributed by atoms with E-state index < -0.39 is 11.4 Å². The van der Waals surface area contributed by atoms with Gasteiger partial charge in [0, 0.05) is 9.75 Å². The Hall–Kier alpha value is -0.830. The number of hydrogen-bond donors (Lipinski definition) is 1. The molecule has 90 valence electrons. The standard InChI is InChI=1S/C13H20O2S/c1-4-10-7-8-11(16-10)9-13(5-2,6-3)12(14)15/h7-8H,4-6,9H2,1-3H3,(H,14,15). The summed E-state index contributed by atoms with van der Waals surface area (Å²) in [6, 6.07) is 4.18. The van der Waals surface area contributed by atoms with Crippen molar-refractivity contribution in [1.82, 2.24) is 0 Å². The van der Waals surface area contributed by atoms with Crippen LogP contribution in [-0.4, -0.2) is 11.1 Å². The van der Waals surface area contributed by atoms with Gasteiger partial charge < -0.3 is 5.11 Å². The normalized spacial score (nSPS) is 11.7. The molecule has 1 aromatic heterocycles.